The lowest BCUT2D eigenvalue weighted by atomic mass is 9.94. The molecule has 2 N–H and O–H groups in total. The van der Waals surface area contributed by atoms with Gasteiger partial charge in [-0.3, -0.25) is 14.5 Å². The molecule has 1 heterocycles. The van der Waals surface area contributed by atoms with Crippen molar-refractivity contribution in [3.05, 3.63) is 59.1 Å². The van der Waals surface area contributed by atoms with Gasteiger partial charge in [0.25, 0.3) is 0 Å². The molecule has 0 radical (unpaired) electrons. The average molecular weight is 400 g/mol. The van der Waals surface area contributed by atoms with Gasteiger partial charge in [0.1, 0.15) is 0 Å². The highest BCUT2D eigenvalue weighted by Gasteiger charge is 2.30. The Kier molecular flexibility index (Phi) is 6.70. The standard InChI is InChI=1S/C22H26ClN3O2/c1-15-8-9-18(23)14-20(15)25-21(27)16(2)26-12-10-17(11-13-26)22(28)24-19-6-4-3-5-7-19/h3-9,14,16-17H,10-13H2,1-2H3,(H,24,28)(H,25,27). The fourth-order valence-electron chi connectivity index (χ4n) is 3.45. The molecule has 5 nitrogen and oxygen atoms in total. The molecular formula is C22H26ClN3O2. The second-order valence-electron chi connectivity index (χ2n) is 7.29. The van der Waals surface area contributed by atoms with Crippen LogP contribution in [0.2, 0.25) is 5.02 Å². The van der Waals surface area contributed by atoms with Crippen molar-refractivity contribution in [1.82, 2.24) is 4.90 Å². The van der Waals surface area contributed by atoms with Crippen molar-refractivity contribution >= 4 is 34.8 Å². The summed E-state index contributed by atoms with van der Waals surface area (Å²) in [5, 5.41) is 6.54. The number of halogens is 1. The maximum Gasteiger partial charge on any atom is 0.241 e. The number of para-hydroxylation sites is 1. The van der Waals surface area contributed by atoms with E-state index in [1.807, 2.05) is 50.2 Å². The fourth-order valence-corrected chi connectivity index (χ4v) is 3.62. The van der Waals surface area contributed by atoms with Crippen molar-refractivity contribution in [2.24, 2.45) is 5.92 Å². The number of nitrogens with one attached hydrogen (secondary N) is 2. The summed E-state index contributed by atoms with van der Waals surface area (Å²) in [5.74, 6) is -0.0306. The molecule has 2 aromatic carbocycles. The second-order valence-corrected chi connectivity index (χ2v) is 7.73. The van der Waals surface area contributed by atoms with Gasteiger partial charge < -0.3 is 10.6 Å². The normalized spacial score (nSPS) is 16.4. The number of amides is 2. The number of benzene rings is 2. The quantitative estimate of drug-likeness (QED) is 0.786. The summed E-state index contributed by atoms with van der Waals surface area (Å²) in [6.07, 6.45) is 1.49. The van der Waals surface area contributed by atoms with E-state index in [1.165, 1.54) is 0 Å². The van der Waals surface area contributed by atoms with Crippen LogP contribution in [0.1, 0.15) is 25.3 Å². The molecule has 1 aliphatic rings. The number of likely N-dealkylation sites (tertiary alicyclic amines) is 1. The molecule has 1 fully saturated rings. The van der Waals surface area contributed by atoms with E-state index in [1.54, 1.807) is 12.1 Å². The Bertz CT molecular complexity index is 833. The molecule has 0 aromatic heterocycles. The first kappa shape index (κ1) is 20.4. The number of anilines is 2. The summed E-state index contributed by atoms with van der Waals surface area (Å²) in [5.41, 5.74) is 2.53. The van der Waals surface area contributed by atoms with Gasteiger partial charge in [-0.25, -0.2) is 0 Å². The highest BCUT2D eigenvalue weighted by molar-refractivity contribution is 6.31. The second kappa shape index (κ2) is 9.22. The van der Waals surface area contributed by atoms with Crippen LogP contribution in [-0.2, 0) is 9.59 Å². The van der Waals surface area contributed by atoms with Crippen LogP contribution in [0.4, 0.5) is 11.4 Å². The van der Waals surface area contributed by atoms with E-state index < -0.39 is 0 Å². The van der Waals surface area contributed by atoms with Gasteiger partial charge in [0.05, 0.1) is 6.04 Å². The lowest BCUT2D eigenvalue weighted by Crippen LogP contribution is -2.47. The van der Waals surface area contributed by atoms with Gasteiger partial charge in [0.15, 0.2) is 0 Å². The summed E-state index contributed by atoms with van der Waals surface area (Å²) >= 11 is 6.03. The van der Waals surface area contributed by atoms with Crippen molar-refractivity contribution in [3.63, 3.8) is 0 Å². The number of nitrogens with zero attached hydrogens (tertiary/aromatic N) is 1. The summed E-state index contributed by atoms with van der Waals surface area (Å²) in [6.45, 7) is 5.28. The molecule has 0 bridgehead atoms. The smallest absolute Gasteiger partial charge is 0.241 e. The third-order valence-corrected chi connectivity index (χ3v) is 5.56. The number of hydrogen-bond acceptors (Lipinski definition) is 3. The summed E-state index contributed by atoms with van der Waals surface area (Å²) < 4.78 is 0. The molecule has 1 atom stereocenters. The Morgan fingerprint density at radius 2 is 1.75 bits per heavy atom. The highest BCUT2D eigenvalue weighted by Crippen LogP contribution is 2.23. The van der Waals surface area contributed by atoms with Crippen molar-refractivity contribution in [2.45, 2.75) is 32.7 Å². The molecule has 3 rings (SSSR count). The minimum Gasteiger partial charge on any atom is -0.326 e. The third kappa shape index (κ3) is 5.12. The van der Waals surface area contributed by atoms with Crippen molar-refractivity contribution in [3.8, 4) is 0 Å². The first-order valence-corrected chi connectivity index (χ1v) is 9.99. The van der Waals surface area contributed by atoms with Crippen LogP contribution in [0.5, 0.6) is 0 Å². The fraction of sp³-hybridized carbons (Fsp3) is 0.364. The van der Waals surface area contributed by atoms with E-state index >= 15 is 0 Å². The molecule has 28 heavy (non-hydrogen) atoms. The zero-order valence-electron chi connectivity index (χ0n) is 16.2. The SMILES string of the molecule is Cc1ccc(Cl)cc1NC(=O)C(C)N1CCC(C(=O)Nc2ccccc2)CC1. The Balaban J connectivity index is 1.51. The first-order valence-electron chi connectivity index (χ1n) is 9.61. The number of aryl methyl sites for hydroxylation is 1. The largest absolute Gasteiger partial charge is 0.326 e. The Labute approximate surface area is 171 Å². The lowest BCUT2D eigenvalue weighted by Gasteiger charge is -2.34. The molecular weight excluding hydrogens is 374 g/mol. The predicted molar refractivity (Wildman–Crippen MR) is 114 cm³/mol. The molecule has 2 aromatic rings. The van der Waals surface area contributed by atoms with Crippen LogP contribution in [0, 0.1) is 12.8 Å². The number of carbonyl (C=O) groups is 2. The van der Waals surface area contributed by atoms with Crippen LogP contribution in [0.3, 0.4) is 0 Å². The van der Waals surface area contributed by atoms with Crippen LogP contribution in [-0.4, -0.2) is 35.8 Å². The topological polar surface area (TPSA) is 61.4 Å². The Morgan fingerprint density at radius 3 is 2.43 bits per heavy atom. The zero-order chi connectivity index (χ0) is 20.1. The van der Waals surface area contributed by atoms with E-state index in [4.69, 9.17) is 11.6 Å². The van der Waals surface area contributed by atoms with E-state index in [-0.39, 0.29) is 23.8 Å². The molecule has 0 spiro atoms. The minimum atomic E-state index is -0.267. The van der Waals surface area contributed by atoms with E-state index in [0.29, 0.717) is 5.02 Å². The van der Waals surface area contributed by atoms with Crippen molar-refractivity contribution in [1.29, 1.82) is 0 Å². The van der Waals surface area contributed by atoms with Gasteiger partial charge in [-0.15, -0.1) is 0 Å². The molecule has 148 valence electrons. The predicted octanol–water partition coefficient (Wildman–Crippen LogP) is 4.33. The van der Waals surface area contributed by atoms with Gasteiger partial charge in [0, 0.05) is 22.3 Å². The van der Waals surface area contributed by atoms with Gasteiger partial charge in [-0.1, -0.05) is 35.9 Å². The molecule has 0 saturated carbocycles. The summed E-state index contributed by atoms with van der Waals surface area (Å²) in [6, 6.07) is 14.7. The molecule has 6 heteroatoms. The van der Waals surface area contributed by atoms with Crippen molar-refractivity contribution in [2.75, 3.05) is 23.7 Å². The monoisotopic (exact) mass is 399 g/mol. The molecule has 1 aliphatic heterocycles. The third-order valence-electron chi connectivity index (χ3n) is 5.33. The van der Waals surface area contributed by atoms with Crippen molar-refractivity contribution < 1.29 is 9.59 Å². The average Bonchev–Trinajstić information content (AvgIpc) is 2.71. The van der Waals surface area contributed by atoms with E-state index in [0.717, 1.165) is 42.9 Å². The van der Waals surface area contributed by atoms with Gasteiger partial charge in [0.2, 0.25) is 11.8 Å². The van der Waals surface area contributed by atoms with E-state index in [9.17, 15) is 9.59 Å². The number of rotatable bonds is 5. The zero-order valence-corrected chi connectivity index (χ0v) is 17.0. The first-order chi connectivity index (χ1) is 13.4. The van der Waals surface area contributed by atoms with Crippen LogP contribution in [0.15, 0.2) is 48.5 Å². The number of carbonyl (C=O) groups excluding carboxylic acids is 2. The van der Waals surface area contributed by atoms with Gasteiger partial charge >= 0.3 is 0 Å². The van der Waals surface area contributed by atoms with Crippen LogP contribution < -0.4 is 10.6 Å². The molecule has 0 aliphatic carbocycles. The van der Waals surface area contributed by atoms with E-state index in [2.05, 4.69) is 15.5 Å². The van der Waals surface area contributed by atoms with Crippen LogP contribution in [0.25, 0.3) is 0 Å². The maximum absolute atomic E-state index is 12.7. The molecule has 1 unspecified atom stereocenters. The summed E-state index contributed by atoms with van der Waals surface area (Å²) in [4.78, 5) is 27.3. The summed E-state index contributed by atoms with van der Waals surface area (Å²) in [7, 11) is 0. The minimum absolute atomic E-state index is 0.0260. The Hall–Kier alpha value is -2.37. The van der Waals surface area contributed by atoms with Gasteiger partial charge in [-0.2, -0.15) is 0 Å². The molecule has 2 amide bonds. The molecule has 1 saturated heterocycles. The maximum atomic E-state index is 12.7. The highest BCUT2D eigenvalue weighted by atomic mass is 35.5. The lowest BCUT2D eigenvalue weighted by molar-refractivity contribution is -0.123. The Morgan fingerprint density at radius 1 is 1.07 bits per heavy atom. The van der Waals surface area contributed by atoms with Gasteiger partial charge in [-0.05, 0) is 69.6 Å². The number of hydrogen-bond donors (Lipinski definition) is 2. The number of piperidine rings is 1. The van der Waals surface area contributed by atoms with Crippen LogP contribution >= 0.6 is 11.6 Å².